The molecule has 1 aliphatic heterocycles. The van der Waals surface area contributed by atoms with Crippen LogP contribution in [0.25, 0.3) is 0 Å². The van der Waals surface area contributed by atoms with Gasteiger partial charge in [0.2, 0.25) is 0 Å². The van der Waals surface area contributed by atoms with Gasteiger partial charge in [-0.15, -0.1) is 0 Å². The molecule has 1 N–H and O–H groups in total. The highest BCUT2D eigenvalue weighted by atomic mass is 16.1. The van der Waals surface area contributed by atoms with Crippen molar-refractivity contribution < 1.29 is 4.79 Å². The summed E-state index contributed by atoms with van der Waals surface area (Å²) in [6.45, 7) is 9.47. The summed E-state index contributed by atoms with van der Waals surface area (Å²) < 4.78 is 0. The Bertz CT molecular complexity index is 867. The summed E-state index contributed by atoms with van der Waals surface area (Å²) in [5.74, 6) is 0.562. The van der Waals surface area contributed by atoms with Crippen LogP contribution in [0.4, 0.5) is 5.69 Å². The van der Waals surface area contributed by atoms with E-state index in [2.05, 4.69) is 39.3 Å². The lowest BCUT2D eigenvalue weighted by molar-refractivity contribution is 0.102. The molecule has 0 atom stereocenters. The number of carbonyl (C=O) groups is 1. The Morgan fingerprint density at radius 2 is 1.89 bits per heavy atom. The highest BCUT2D eigenvalue weighted by Gasteiger charge is 2.27. The molecule has 5 nitrogen and oxygen atoms in total. The summed E-state index contributed by atoms with van der Waals surface area (Å²) in [5.41, 5.74) is 6.31. The van der Waals surface area contributed by atoms with E-state index in [1.165, 1.54) is 24.0 Å². The first-order valence-corrected chi connectivity index (χ1v) is 10.3. The molecule has 2 aliphatic rings. The Morgan fingerprint density at radius 3 is 2.57 bits per heavy atom. The third-order valence-electron chi connectivity index (χ3n) is 6.01. The number of pyridine rings is 1. The Morgan fingerprint density at radius 1 is 1.14 bits per heavy atom. The quantitative estimate of drug-likeness (QED) is 0.864. The molecule has 2 aromatic rings. The van der Waals surface area contributed by atoms with Crippen molar-refractivity contribution in [3.05, 3.63) is 58.4 Å². The first kappa shape index (κ1) is 19.1. The zero-order valence-corrected chi connectivity index (χ0v) is 17.2. The fourth-order valence-electron chi connectivity index (χ4n) is 3.81. The van der Waals surface area contributed by atoms with Gasteiger partial charge in [-0.3, -0.25) is 14.7 Å². The van der Waals surface area contributed by atoms with Crippen LogP contribution in [0.2, 0.25) is 0 Å². The van der Waals surface area contributed by atoms with Crippen molar-refractivity contribution in [3.8, 4) is 0 Å². The molecule has 1 saturated heterocycles. The largest absolute Gasteiger partial charge is 0.322 e. The van der Waals surface area contributed by atoms with Crippen LogP contribution >= 0.6 is 0 Å². The summed E-state index contributed by atoms with van der Waals surface area (Å²) in [5, 5.41) is 3.07. The summed E-state index contributed by atoms with van der Waals surface area (Å²) >= 11 is 0. The summed E-state index contributed by atoms with van der Waals surface area (Å²) in [4.78, 5) is 21.9. The lowest BCUT2D eigenvalue weighted by Crippen LogP contribution is -2.44. The van der Waals surface area contributed by atoms with E-state index in [1.807, 2.05) is 26.0 Å². The van der Waals surface area contributed by atoms with E-state index in [0.717, 1.165) is 49.7 Å². The van der Waals surface area contributed by atoms with Crippen molar-refractivity contribution in [1.82, 2.24) is 14.8 Å². The van der Waals surface area contributed by atoms with E-state index in [-0.39, 0.29) is 5.91 Å². The molecule has 0 spiro atoms. The smallest absolute Gasteiger partial charge is 0.257 e. The molecule has 1 aromatic heterocycles. The van der Waals surface area contributed by atoms with Gasteiger partial charge in [0, 0.05) is 50.3 Å². The van der Waals surface area contributed by atoms with Crippen molar-refractivity contribution in [2.45, 2.75) is 39.2 Å². The molecular formula is C23H30N4O. The fourth-order valence-corrected chi connectivity index (χ4v) is 3.81. The van der Waals surface area contributed by atoms with Crippen LogP contribution in [0.5, 0.6) is 0 Å². The molecule has 28 heavy (non-hydrogen) atoms. The molecule has 0 radical (unpaired) electrons. The van der Waals surface area contributed by atoms with Gasteiger partial charge in [0.05, 0.1) is 5.56 Å². The van der Waals surface area contributed by atoms with E-state index < -0.39 is 0 Å². The van der Waals surface area contributed by atoms with Crippen molar-refractivity contribution in [2.75, 3.05) is 38.5 Å². The molecule has 0 unspecified atom stereocenters. The average molecular weight is 379 g/mol. The minimum atomic E-state index is -0.0934. The van der Waals surface area contributed by atoms with E-state index in [9.17, 15) is 4.79 Å². The second-order valence-electron chi connectivity index (χ2n) is 8.35. The van der Waals surface area contributed by atoms with E-state index in [0.29, 0.717) is 11.5 Å². The zero-order valence-electron chi connectivity index (χ0n) is 17.2. The molecule has 1 aromatic carbocycles. The molecule has 1 amide bonds. The maximum absolute atomic E-state index is 12.6. The minimum absolute atomic E-state index is 0.0934. The van der Waals surface area contributed by atoms with Crippen molar-refractivity contribution in [2.24, 2.45) is 0 Å². The number of piperazine rings is 1. The zero-order chi connectivity index (χ0) is 19.7. The lowest BCUT2D eigenvalue weighted by atomic mass is 10.0. The van der Waals surface area contributed by atoms with Crippen LogP contribution in [0.1, 0.15) is 51.5 Å². The monoisotopic (exact) mass is 378 g/mol. The number of benzene rings is 1. The van der Waals surface area contributed by atoms with Crippen LogP contribution < -0.4 is 5.32 Å². The lowest BCUT2D eigenvalue weighted by Gasteiger charge is -2.32. The van der Waals surface area contributed by atoms with E-state index >= 15 is 0 Å². The number of likely N-dealkylation sites (N-methyl/N-ethyl adjacent to an activating group) is 1. The molecule has 1 saturated carbocycles. The van der Waals surface area contributed by atoms with Crippen molar-refractivity contribution in [3.63, 3.8) is 0 Å². The maximum Gasteiger partial charge on any atom is 0.257 e. The van der Waals surface area contributed by atoms with Crippen LogP contribution in [0.3, 0.4) is 0 Å². The van der Waals surface area contributed by atoms with Gasteiger partial charge in [-0.05, 0) is 74.5 Å². The van der Waals surface area contributed by atoms with Crippen molar-refractivity contribution >= 4 is 11.6 Å². The maximum atomic E-state index is 12.6. The van der Waals surface area contributed by atoms with E-state index in [4.69, 9.17) is 0 Å². The number of hydrogen-bond donors (Lipinski definition) is 1. The number of nitrogens with one attached hydrogen (secondary N) is 1. The third kappa shape index (κ3) is 4.42. The normalized spacial score (nSPS) is 18.2. The van der Waals surface area contributed by atoms with Gasteiger partial charge in [-0.25, -0.2) is 0 Å². The molecule has 4 rings (SSSR count). The number of amides is 1. The molecular weight excluding hydrogens is 348 g/mol. The van der Waals surface area contributed by atoms with E-state index in [1.54, 1.807) is 6.20 Å². The molecule has 1 aliphatic carbocycles. The second-order valence-corrected chi connectivity index (χ2v) is 8.35. The molecule has 2 heterocycles. The number of rotatable bonds is 5. The van der Waals surface area contributed by atoms with Gasteiger partial charge < -0.3 is 10.2 Å². The minimum Gasteiger partial charge on any atom is -0.322 e. The van der Waals surface area contributed by atoms with Gasteiger partial charge in [-0.1, -0.05) is 6.07 Å². The van der Waals surface area contributed by atoms with Crippen LogP contribution in [-0.2, 0) is 6.54 Å². The van der Waals surface area contributed by atoms with Gasteiger partial charge in [0.15, 0.2) is 0 Å². The first-order valence-electron chi connectivity index (χ1n) is 10.3. The Kier molecular flexibility index (Phi) is 5.47. The van der Waals surface area contributed by atoms with Gasteiger partial charge >= 0.3 is 0 Å². The SMILES string of the molecule is Cc1cc(C(=O)Nc2ccc(CN3CCN(C)CC3)c(C3CC3)c2)cnc1C. The number of nitrogens with zero attached hydrogens (tertiary/aromatic N) is 3. The second kappa shape index (κ2) is 8.02. The van der Waals surface area contributed by atoms with Crippen LogP contribution in [0.15, 0.2) is 30.5 Å². The average Bonchev–Trinajstić information content (AvgIpc) is 3.52. The predicted octanol–water partition coefficient (Wildman–Crippen LogP) is 3.58. The molecule has 5 heteroatoms. The Balaban J connectivity index is 1.48. The number of carbonyl (C=O) groups excluding carboxylic acids is 1. The van der Waals surface area contributed by atoms with Gasteiger partial charge in [0.25, 0.3) is 5.91 Å². The fraction of sp³-hybridized carbons (Fsp3) is 0.478. The topological polar surface area (TPSA) is 48.5 Å². The molecule has 0 bridgehead atoms. The highest BCUT2D eigenvalue weighted by Crippen LogP contribution is 2.43. The summed E-state index contributed by atoms with van der Waals surface area (Å²) in [6, 6.07) is 8.35. The third-order valence-corrected chi connectivity index (χ3v) is 6.01. The number of anilines is 1. The Hall–Kier alpha value is -2.24. The van der Waals surface area contributed by atoms with Gasteiger partial charge in [0.1, 0.15) is 0 Å². The molecule has 2 fully saturated rings. The highest BCUT2D eigenvalue weighted by molar-refractivity contribution is 6.04. The predicted molar refractivity (Wildman–Crippen MR) is 113 cm³/mol. The summed E-state index contributed by atoms with van der Waals surface area (Å²) in [7, 11) is 2.19. The van der Waals surface area contributed by atoms with Crippen LogP contribution in [0, 0.1) is 13.8 Å². The van der Waals surface area contributed by atoms with Gasteiger partial charge in [-0.2, -0.15) is 0 Å². The summed E-state index contributed by atoms with van der Waals surface area (Å²) in [6.07, 6.45) is 4.17. The van der Waals surface area contributed by atoms with Crippen LogP contribution in [-0.4, -0.2) is 53.9 Å². The number of aromatic nitrogens is 1. The Labute approximate surface area is 167 Å². The molecule has 148 valence electrons. The number of hydrogen-bond acceptors (Lipinski definition) is 4. The van der Waals surface area contributed by atoms with Crippen molar-refractivity contribution in [1.29, 1.82) is 0 Å². The number of aryl methyl sites for hydroxylation is 2. The standard InChI is InChI=1S/C23H30N4O/c1-16-12-20(14-24-17(16)2)23(28)25-21-7-6-19(22(13-21)18-4-5-18)15-27-10-8-26(3)9-11-27/h6-7,12-14,18H,4-5,8-11,15H2,1-3H3,(H,25,28). The first-order chi connectivity index (χ1) is 13.5.